The van der Waals surface area contributed by atoms with Gasteiger partial charge in [0.1, 0.15) is 5.75 Å². The summed E-state index contributed by atoms with van der Waals surface area (Å²) >= 11 is 8.43. The lowest BCUT2D eigenvalue weighted by atomic mass is 9.91. The van der Waals surface area contributed by atoms with Crippen molar-refractivity contribution in [3.8, 4) is 5.75 Å². The second-order valence-corrected chi connectivity index (χ2v) is 9.27. The van der Waals surface area contributed by atoms with Crippen LogP contribution in [0, 0.1) is 0 Å². The predicted octanol–water partition coefficient (Wildman–Crippen LogP) is 6.24. The Hall–Kier alpha value is -2.69. The maximum atomic E-state index is 13.3. The third-order valence-electron chi connectivity index (χ3n) is 5.11. The monoisotopic (exact) mass is 435 g/mol. The Labute approximate surface area is 186 Å². The molecule has 0 unspecified atom stereocenters. The van der Waals surface area contributed by atoms with Gasteiger partial charge >= 0.3 is 0 Å². The van der Waals surface area contributed by atoms with Gasteiger partial charge in [0, 0.05) is 10.6 Å². The molecule has 0 aromatic heterocycles. The SMILES string of the molecule is COc1ccc(N2C(=O)[C@](Cl)(Sc3ccccc3)[C@H]2/C(C)=C/c2ccccc2)cc1. The van der Waals surface area contributed by atoms with E-state index < -0.39 is 4.21 Å². The molecule has 1 fully saturated rings. The Balaban J connectivity index is 1.72. The van der Waals surface area contributed by atoms with Crippen molar-refractivity contribution < 1.29 is 9.53 Å². The Morgan fingerprint density at radius 2 is 1.60 bits per heavy atom. The van der Waals surface area contributed by atoms with Gasteiger partial charge in [-0.1, -0.05) is 78.0 Å². The topological polar surface area (TPSA) is 29.5 Å². The first-order chi connectivity index (χ1) is 14.5. The van der Waals surface area contributed by atoms with Gasteiger partial charge in [0.2, 0.25) is 0 Å². The molecule has 0 aliphatic carbocycles. The van der Waals surface area contributed by atoms with Gasteiger partial charge in [-0.25, -0.2) is 0 Å². The van der Waals surface area contributed by atoms with Crippen LogP contribution in [0.3, 0.4) is 0 Å². The number of benzene rings is 3. The summed E-state index contributed by atoms with van der Waals surface area (Å²) < 4.78 is 4.16. The normalized spacial score (nSPS) is 21.3. The fourth-order valence-corrected chi connectivity index (χ4v) is 5.51. The van der Waals surface area contributed by atoms with Crippen LogP contribution in [-0.4, -0.2) is 23.3 Å². The van der Waals surface area contributed by atoms with E-state index >= 15 is 0 Å². The van der Waals surface area contributed by atoms with Crippen LogP contribution in [0.25, 0.3) is 6.08 Å². The van der Waals surface area contributed by atoms with E-state index in [0.29, 0.717) is 0 Å². The van der Waals surface area contributed by atoms with Crippen molar-refractivity contribution >= 4 is 41.0 Å². The zero-order valence-corrected chi connectivity index (χ0v) is 18.4. The van der Waals surface area contributed by atoms with E-state index in [1.807, 2.05) is 91.9 Å². The van der Waals surface area contributed by atoms with E-state index in [2.05, 4.69) is 6.08 Å². The van der Waals surface area contributed by atoms with Gasteiger partial charge in [0.05, 0.1) is 13.2 Å². The first kappa shape index (κ1) is 20.6. The second-order valence-electron chi connectivity index (χ2n) is 7.13. The summed E-state index contributed by atoms with van der Waals surface area (Å²) in [6, 6.07) is 27.1. The van der Waals surface area contributed by atoms with Crippen molar-refractivity contribution in [2.24, 2.45) is 0 Å². The number of halogens is 1. The number of hydrogen-bond donors (Lipinski definition) is 0. The number of methoxy groups -OCH3 is 1. The van der Waals surface area contributed by atoms with Crippen LogP contribution in [-0.2, 0) is 4.79 Å². The number of hydrogen-bond acceptors (Lipinski definition) is 3. The van der Waals surface area contributed by atoms with E-state index in [1.165, 1.54) is 11.8 Å². The zero-order chi connectivity index (χ0) is 21.1. The number of ether oxygens (including phenoxy) is 1. The number of thioether (sulfide) groups is 1. The number of nitrogens with zero attached hydrogens (tertiary/aromatic N) is 1. The lowest BCUT2D eigenvalue weighted by Gasteiger charge is -2.52. The minimum absolute atomic E-state index is 0.117. The minimum Gasteiger partial charge on any atom is -0.497 e. The zero-order valence-electron chi connectivity index (χ0n) is 16.8. The molecule has 1 saturated heterocycles. The Kier molecular flexibility index (Phi) is 5.89. The molecule has 3 aromatic carbocycles. The summed E-state index contributed by atoms with van der Waals surface area (Å²) in [4.78, 5) is 16.1. The largest absolute Gasteiger partial charge is 0.497 e. The molecule has 4 rings (SSSR count). The molecule has 0 saturated carbocycles. The van der Waals surface area contributed by atoms with Crippen molar-refractivity contribution in [2.75, 3.05) is 12.0 Å². The van der Waals surface area contributed by atoms with Crippen LogP contribution in [0.2, 0.25) is 0 Å². The highest BCUT2D eigenvalue weighted by Gasteiger charge is 2.61. The van der Waals surface area contributed by atoms with Gasteiger partial charge in [-0.05, 0) is 54.5 Å². The van der Waals surface area contributed by atoms with E-state index in [0.717, 1.165) is 27.5 Å². The smallest absolute Gasteiger partial charge is 0.261 e. The number of anilines is 1. The molecule has 2 atom stereocenters. The Morgan fingerprint density at radius 1 is 1.00 bits per heavy atom. The lowest BCUT2D eigenvalue weighted by molar-refractivity contribution is -0.124. The highest BCUT2D eigenvalue weighted by atomic mass is 35.5. The molecule has 0 spiro atoms. The average molecular weight is 436 g/mol. The van der Waals surface area contributed by atoms with Crippen molar-refractivity contribution in [3.05, 3.63) is 96.1 Å². The third-order valence-corrected chi connectivity index (χ3v) is 6.91. The van der Waals surface area contributed by atoms with E-state index in [9.17, 15) is 4.79 Å². The van der Waals surface area contributed by atoms with Gasteiger partial charge in [-0.15, -0.1) is 0 Å². The minimum atomic E-state index is -1.10. The number of β-lactam (4-membered cyclic amide) rings is 1. The van der Waals surface area contributed by atoms with E-state index in [4.69, 9.17) is 16.3 Å². The van der Waals surface area contributed by atoms with Crippen LogP contribution in [0.4, 0.5) is 5.69 Å². The molecule has 3 nitrogen and oxygen atoms in total. The summed E-state index contributed by atoms with van der Waals surface area (Å²) in [7, 11) is 1.62. The summed E-state index contributed by atoms with van der Waals surface area (Å²) in [6.45, 7) is 2.03. The number of carbonyl (C=O) groups excluding carboxylic acids is 1. The van der Waals surface area contributed by atoms with Gasteiger partial charge in [0.25, 0.3) is 5.91 Å². The summed E-state index contributed by atoms with van der Waals surface area (Å²) in [5.74, 6) is 0.629. The summed E-state index contributed by atoms with van der Waals surface area (Å²) in [5, 5.41) is 0. The molecule has 30 heavy (non-hydrogen) atoms. The van der Waals surface area contributed by atoms with Gasteiger partial charge in [0.15, 0.2) is 4.21 Å². The molecular weight excluding hydrogens is 414 g/mol. The highest BCUT2D eigenvalue weighted by molar-refractivity contribution is 8.03. The second kappa shape index (κ2) is 8.58. The third kappa shape index (κ3) is 3.85. The van der Waals surface area contributed by atoms with Crippen molar-refractivity contribution in [3.63, 3.8) is 0 Å². The van der Waals surface area contributed by atoms with Crippen molar-refractivity contribution in [2.45, 2.75) is 22.1 Å². The van der Waals surface area contributed by atoms with Gasteiger partial charge < -0.3 is 4.74 Å². The maximum absolute atomic E-state index is 13.3. The summed E-state index contributed by atoms with van der Waals surface area (Å²) in [5.41, 5.74) is 2.90. The van der Waals surface area contributed by atoms with Crippen LogP contribution < -0.4 is 9.64 Å². The summed E-state index contributed by atoms with van der Waals surface area (Å²) in [6.07, 6.45) is 2.09. The van der Waals surface area contributed by atoms with Crippen LogP contribution in [0.15, 0.2) is 95.4 Å². The number of carbonyl (C=O) groups is 1. The number of alkyl halides is 1. The molecule has 152 valence electrons. The Morgan fingerprint density at radius 3 is 2.20 bits per heavy atom. The molecule has 0 bridgehead atoms. The van der Waals surface area contributed by atoms with Gasteiger partial charge in [-0.3, -0.25) is 9.69 Å². The van der Waals surface area contributed by atoms with E-state index in [-0.39, 0.29) is 11.9 Å². The molecule has 5 heteroatoms. The molecule has 0 radical (unpaired) electrons. The first-order valence-electron chi connectivity index (χ1n) is 9.67. The molecule has 3 aromatic rings. The van der Waals surface area contributed by atoms with Crippen molar-refractivity contribution in [1.82, 2.24) is 0 Å². The quantitative estimate of drug-likeness (QED) is 0.339. The molecular formula is C25H22ClNO2S. The lowest BCUT2D eigenvalue weighted by Crippen LogP contribution is -2.70. The molecule has 1 aliphatic rings. The van der Waals surface area contributed by atoms with Crippen LogP contribution >= 0.6 is 23.4 Å². The molecule has 1 heterocycles. The number of rotatable bonds is 6. The maximum Gasteiger partial charge on any atom is 0.261 e. The fraction of sp³-hybridized carbons (Fsp3) is 0.160. The molecule has 1 aliphatic heterocycles. The predicted molar refractivity (Wildman–Crippen MR) is 125 cm³/mol. The fourth-order valence-electron chi connectivity index (χ4n) is 3.65. The first-order valence-corrected chi connectivity index (χ1v) is 10.9. The van der Waals surface area contributed by atoms with Crippen LogP contribution in [0.1, 0.15) is 12.5 Å². The Bertz CT molecular complexity index is 1050. The average Bonchev–Trinajstić information content (AvgIpc) is 2.78. The standard InChI is InChI=1S/C25H22ClNO2S/c1-18(17-19-9-5-3-6-10-19)23-25(26,30-22-11-7-4-8-12-22)24(28)27(23)20-13-15-21(29-2)16-14-20/h3-17,23H,1-2H3/b18-17+/t23-,25-/m1/s1. The van der Waals surface area contributed by atoms with Gasteiger partial charge in [-0.2, -0.15) is 0 Å². The van der Waals surface area contributed by atoms with Crippen LogP contribution in [0.5, 0.6) is 5.75 Å². The number of amides is 1. The molecule has 1 amide bonds. The van der Waals surface area contributed by atoms with E-state index in [1.54, 1.807) is 12.0 Å². The van der Waals surface area contributed by atoms with Crippen molar-refractivity contribution in [1.29, 1.82) is 0 Å². The highest BCUT2D eigenvalue weighted by Crippen LogP contribution is 2.53. The molecule has 0 N–H and O–H groups in total.